The number of hydrogen-bond acceptors (Lipinski definition) is 3. The number of aromatic amines is 1. The summed E-state index contributed by atoms with van der Waals surface area (Å²) in [5.74, 6) is 0. The average molecular weight is 265 g/mol. The monoisotopic (exact) mass is 265 g/mol. The highest BCUT2D eigenvalue weighted by atomic mass is 16.1. The Morgan fingerprint density at radius 1 is 1.20 bits per heavy atom. The summed E-state index contributed by atoms with van der Waals surface area (Å²) < 4.78 is 3.59. The topological polar surface area (TPSA) is 68.0 Å². The first-order chi connectivity index (χ1) is 9.74. The van der Waals surface area contributed by atoms with Crippen molar-refractivity contribution in [2.24, 2.45) is 7.05 Å². The molecule has 0 unspecified atom stereocenters. The van der Waals surface area contributed by atoms with E-state index in [1.165, 1.54) is 0 Å². The van der Waals surface area contributed by atoms with Crippen LogP contribution < -0.4 is 5.56 Å². The van der Waals surface area contributed by atoms with E-state index in [1.54, 1.807) is 15.4 Å². The molecule has 1 aromatic carbocycles. The molecule has 6 heteroatoms. The number of fused-ring (bicyclic) bond motifs is 3. The summed E-state index contributed by atoms with van der Waals surface area (Å²) in [5.41, 5.74) is 3.31. The summed E-state index contributed by atoms with van der Waals surface area (Å²) in [4.78, 5) is 20.1. The van der Waals surface area contributed by atoms with Gasteiger partial charge in [-0.3, -0.25) is 9.89 Å². The van der Waals surface area contributed by atoms with E-state index < -0.39 is 0 Å². The minimum Gasteiger partial charge on any atom is -0.318 e. The molecule has 0 saturated carbocycles. The van der Waals surface area contributed by atoms with Gasteiger partial charge >= 0.3 is 5.56 Å². The number of H-pyrrole nitrogens is 1. The fourth-order valence-corrected chi connectivity index (χ4v) is 2.41. The molecular formula is C14H11N5O. The first-order valence-electron chi connectivity index (χ1n) is 6.22. The Labute approximate surface area is 113 Å². The van der Waals surface area contributed by atoms with Gasteiger partial charge in [0.15, 0.2) is 16.8 Å². The number of nitrogens with one attached hydrogen (secondary N) is 1. The zero-order chi connectivity index (χ0) is 13.7. The van der Waals surface area contributed by atoms with Crippen LogP contribution in [0, 0.1) is 0 Å². The van der Waals surface area contributed by atoms with Gasteiger partial charge in [-0.15, -0.1) is 0 Å². The summed E-state index contributed by atoms with van der Waals surface area (Å²) in [6.45, 7) is 0. The SMILES string of the molecule is Cn1cnc2c(=O)nc3cc(-c4ccccc4)[nH]n3c21. The molecule has 0 aliphatic carbocycles. The van der Waals surface area contributed by atoms with Crippen LogP contribution in [0.1, 0.15) is 0 Å². The molecule has 0 spiro atoms. The Morgan fingerprint density at radius 2 is 2.00 bits per heavy atom. The van der Waals surface area contributed by atoms with Gasteiger partial charge in [0.1, 0.15) is 0 Å². The van der Waals surface area contributed by atoms with Crippen molar-refractivity contribution in [2.75, 3.05) is 0 Å². The smallest absolute Gasteiger partial charge is 0.301 e. The molecule has 0 bridgehead atoms. The summed E-state index contributed by atoms with van der Waals surface area (Å²) in [5, 5.41) is 3.26. The second-order valence-corrected chi connectivity index (χ2v) is 4.67. The van der Waals surface area contributed by atoms with E-state index in [9.17, 15) is 4.79 Å². The summed E-state index contributed by atoms with van der Waals surface area (Å²) in [6.07, 6.45) is 1.61. The van der Waals surface area contributed by atoms with Crippen LogP contribution in [0.2, 0.25) is 0 Å². The summed E-state index contributed by atoms with van der Waals surface area (Å²) >= 11 is 0. The van der Waals surface area contributed by atoms with Gasteiger partial charge in [-0.05, 0) is 5.56 Å². The lowest BCUT2D eigenvalue weighted by atomic mass is 10.2. The molecule has 1 N–H and O–H groups in total. The zero-order valence-corrected chi connectivity index (χ0v) is 10.7. The van der Waals surface area contributed by atoms with Crippen molar-refractivity contribution in [1.82, 2.24) is 24.1 Å². The van der Waals surface area contributed by atoms with Crippen LogP contribution in [0.5, 0.6) is 0 Å². The molecule has 6 nitrogen and oxygen atoms in total. The van der Waals surface area contributed by atoms with Crippen LogP contribution in [0.25, 0.3) is 28.1 Å². The van der Waals surface area contributed by atoms with Gasteiger partial charge in [-0.2, -0.15) is 4.98 Å². The Bertz CT molecular complexity index is 977. The maximum Gasteiger partial charge on any atom is 0.301 e. The molecular weight excluding hydrogens is 254 g/mol. The maximum atomic E-state index is 11.9. The second-order valence-electron chi connectivity index (χ2n) is 4.67. The molecule has 0 saturated heterocycles. The van der Waals surface area contributed by atoms with E-state index in [2.05, 4.69) is 15.1 Å². The van der Waals surface area contributed by atoms with Gasteiger partial charge in [-0.25, -0.2) is 9.50 Å². The third-order valence-corrected chi connectivity index (χ3v) is 3.36. The summed E-state index contributed by atoms with van der Waals surface area (Å²) in [7, 11) is 1.85. The van der Waals surface area contributed by atoms with Crippen molar-refractivity contribution in [3.05, 3.63) is 53.1 Å². The molecule has 0 aliphatic heterocycles. The summed E-state index contributed by atoms with van der Waals surface area (Å²) in [6, 6.07) is 11.8. The first kappa shape index (κ1) is 11.0. The van der Waals surface area contributed by atoms with Gasteiger partial charge < -0.3 is 4.57 Å². The molecule has 98 valence electrons. The van der Waals surface area contributed by atoms with Crippen LogP contribution in [0.4, 0.5) is 0 Å². The van der Waals surface area contributed by atoms with E-state index in [0.29, 0.717) is 16.8 Å². The Balaban J connectivity index is 2.12. The number of nitrogens with zero attached hydrogens (tertiary/aromatic N) is 4. The van der Waals surface area contributed by atoms with Gasteiger partial charge in [-0.1, -0.05) is 30.3 Å². The second kappa shape index (κ2) is 3.80. The third-order valence-electron chi connectivity index (χ3n) is 3.36. The zero-order valence-electron chi connectivity index (χ0n) is 10.7. The number of aromatic nitrogens is 5. The van der Waals surface area contributed by atoms with Crippen LogP contribution in [-0.4, -0.2) is 24.1 Å². The molecule has 3 heterocycles. The van der Waals surface area contributed by atoms with Gasteiger partial charge in [0.25, 0.3) is 0 Å². The number of hydrogen-bond donors (Lipinski definition) is 1. The Kier molecular flexibility index (Phi) is 2.09. The fraction of sp³-hybridized carbons (Fsp3) is 0.0714. The highest BCUT2D eigenvalue weighted by Gasteiger charge is 2.12. The molecule has 3 aromatic heterocycles. The van der Waals surface area contributed by atoms with Crippen LogP contribution >= 0.6 is 0 Å². The molecule has 0 fully saturated rings. The van der Waals surface area contributed by atoms with Crippen LogP contribution in [0.15, 0.2) is 47.5 Å². The lowest BCUT2D eigenvalue weighted by molar-refractivity contribution is 0.875. The van der Waals surface area contributed by atoms with Gasteiger partial charge in [0.05, 0.1) is 12.0 Å². The maximum absolute atomic E-state index is 11.9. The highest BCUT2D eigenvalue weighted by Crippen LogP contribution is 2.19. The van der Waals surface area contributed by atoms with E-state index in [4.69, 9.17) is 0 Å². The molecule has 0 amide bonds. The molecule has 0 aliphatic rings. The van der Waals surface area contributed by atoms with Crippen molar-refractivity contribution in [1.29, 1.82) is 0 Å². The number of aryl methyl sites for hydroxylation is 1. The van der Waals surface area contributed by atoms with Crippen molar-refractivity contribution in [3.63, 3.8) is 0 Å². The van der Waals surface area contributed by atoms with E-state index in [-0.39, 0.29) is 5.56 Å². The van der Waals surface area contributed by atoms with Gasteiger partial charge in [0, 0.05) is 13.1 Å². The van der Waals surface area contributed by atoms with Crippen molar-refractivity contribution in [2.45, 2.75) is 0 Å². The van der Waals surface area contributed by atoms with Gasteiger partial charge in [0.2, 0.25) is 0 Å². The quantitative estimate of drug-likeness (QED) is 0.568. The van der Waals surface area contributed by atoms with Crippen molar-refractivity contribution < 1.29 is 0 Å². The molecule has 0 atom stereocenters. The van der Waals surface area contributed by atoms with E-state index in [0.717, 1.165) is 11.3 Å². The van der Waals surface area contributed by atoms with Crippen molar-refractivity contribution in [3.8, 4) is 11.3 Å². The molecule has 20 heavy (non-hydrogen) atoms. The Morgan fingerprint density at radius 3 is 2.80 bits per heavy atom. The molecule has 0 radical (unpaired) electrons. The Hall–Kier alpha value is -2.89. The van der Waals surface area contributed by atoms with E-state index in [1.807, 2.05) is 43.4 Å². The predicted octanol–water partition coefficient (Wildman–Crippen LogP) is 1.58. The first-order valence-corrected chi connectivity index (χ1v) is 6.22. The largest absolute Gasteiger partial charge is 0.318 e. The fourth-order valence-electron chi connectivity index (χ4n) is 2.41. The predicted molar refractivity (Wildman–Crippen MR) is 75.5 cm³/mol. The van der Waals surface area contributed by atoms with Crippen LogP contribution in [0.3, 0.4) is 0 Å². The molecule has 4 aromatic rings. The van der Waals surface area contributed by atoms with Crippen molar-refractivity contribution >= 4 is 16.8 Å². The minimum absolute atomic E-state index is 0.306. The minimum atomic E-state index is -0.306. The normalized spacial score (nSPS) is 11.4. The number of benzene rings is 1. The highest BCUT2D eigenvalue weighted by molar-refractivity contribution is 5.75. The lowest BCUT2D eigenvalue weighted by Crippen LogP contribution is -2.10. The lowest BCUT2D eigenvalue weighted by Gasteiger charge is -1.99. The standard InChI is InChI=1S/C14H11N5O/c1-18-8-15-12-13(20)16-11-7-10(17-19(11)14(12)18)9-5-3-2-4-6-9/h2-8,17H,1H3. The molecule has 4 rings (SSSR count). The number of rotatable bonds is 1. The van der Waals surface area contributed by atoms with Crippen LogP contribution in [-0.2, 0) is 7.05 Å². The third kappa shape index (κ3) is 1.41. The number of imidazole rings is 1. The van der Waals surface area contributed by atoms with E-state index >= 15 is 0 Å². The average Bonchev–Trinajstić information content (AvgIpc) is 3.04.